The maximum Gasteiger partial charge on any atom is 0.239 e. The molecular formula is C13H16FN3O. The fourth-order valence-corrected chi connectivity index (χ4v) is 1.58. The summed E-state index contributed by atoms with van der Waals surface area (Å²) in [6.45, 7) is 4.02. The minimum atomic E-state index is -0.605. The molecule has 0 aliphatic heterocycles. The number of carbonyl (C=O) groups excluding carboxylic acids is 1. The Morgan fingerprint density at radius 2 is 2.28 bits per heavy atom. The molecule has 0 aliphatic carbocycles. The fourth-order valence-electron chi connectivity index (χ4n) is 1.58. The number of halogens is 1. The first kappa shape index (κ1) is 14.1. The van der Waals surface area contributed by atoms with Gasteiger partial charge in [-0.3, -0.25) is 4.79 Å². The SMILES string of the molecule is CCN(Cc1ccc(C#N)cc1F)C(=O)C(C)N. The molecule has 0 radical (unpaired) electrons. The minimum absolute atomic E-state index is 0.161. The summed E-state index contributed by atoms with van der Waals surface area (Å²) in [5.74, 6) is -0.703. The lowest BCUT2D eigenvalue weighted by molar-refractivity contribution is -0.132. The second-order valence-electron chi connectivity index (χ2n) is 4.06. The highest BCUT2D eigenvalue weighted by molar-refractivity contribution is 5.81. The smallest absolute Gasteiger partial charge is 0.239 e. The van der Waals surface area contributed by atoms with Crippen LogP contribution in [0.1, 0.15) is 25.0 Å². The van der Waals surface area contributed by atoms with Gasteiger partial charge in [0.2, 0.25) is 5.91 Å². The number of nitrogens with zero attached hydrogens (tertiary/aromatic N) is 2. The Kier molecular flexibility index (Phi) is 4.81. The van der Waals surface area contributed by atoms with Gasteiger partial charge in [-0.1, -0.05) is 6.07 Å². The first-order valence-electron chi connectivity index (χ1n) is 5.72. The standard InChI is InChI=1S/C13H16FN3O/c1-3-17(13(18)9(2)16)8-11-5-4-10(7-15)6-12(11)14/h4-6,9H,3,8,16H2,1-2H3. The first-order valence-corrected chi connectivity index (χ1v) is 5.72. The van der Waals surface area contributed by atoms with Crippen molar-refractivity contribution in [2.24, 2.45) is 5.73 Å². The van der Waals surface area contributed by atoms with Gasteiger partial charge >= 0.3 is 0 Å². The third-order valence-electron chi connectivity index (χ3n) is 2.63. The molecule has 0 aromatic heterocycles. The molecule has 0 spiro atoms. The molecule has 0 saturated carbocycles. The summed E-state index contributed by atoms with van der Waals surface area (Å²) in [5, 5.41) is 8.64. The maximum absolute atomic E-state index is 13.7. The van der Waals surface area contributed by atoms with Crippen LogP contribution >= 0.6 is 0 Å². The highest BCUT2D eigenvalue weighted by atomic mass is 19.1. The Hall–Kier alpha value is -1.93. The largest absolute Gasteiger partial charge is 0.337 e. The Bertz CT molecular complexity index is 480. The highest BCUT2D eigenvalue weighted by Gasteiger charge is 2.17. The molecule has 0 heterocycles. The topological polar surface area (TPSA) is 70.1 Å². The minimum Gasteiger partial charge on any atom is -0.337 e. The lowest BCUT2D eigenvalue weighted by atomic mass is 10.1. The van der Waals surface area contributed by atoms with E-state index in [-0.39, 0.29) is 18.0 Å². The third kappa shape index (κ3) is 3.28. The van der Waals surface area contributed by atoms with Gasteiger partial charge in [0.1, 0.15) is 5.82 Å². The van der Waals surface area contributed by atoms with Gasteiger partial charge in [-0.15, -0.1) is 0 Å². The molecule has 0 aliphatic rings. The van der Waals surface area contributed by atoms with Crippen LogP contribution in [0.4, 0.5) is 4.39 Å². The van der Waals surface area contributed by atoms with E-state index in [1.165, 1.54) is 23.1 Å². The van der Waals surface area contributed by atoms with E-state index < -0.39 is 11.9 Å². The number of likely N-dealkylation sites (N-methyl/N-ethyl adjacent to an activating group) is 1. The normalized spacial score (nSPS) is 11.7. The number of carbonyl (C=O) groups is 1. The van der Waals surface area contributed by atoms with Crippen LogP contribution in [0.3, 0.4) is 0 Å². The summed E-state index contributed by atoms with van der Waals surface area (Å²) in [7, 11) is 0. The van der Waals surface area contributed by atoms with E-state index >= 15 is 0 Å². The van der Waals surface area contributed by atoms with Gasteiger partial charge in [-0.05, 0) is 26.0 Å². The van der Waals surface area contributed by atoms with E-state index in [0.29, 0.717) is 12.1 Å². The number of hydrogen-bond acceptors (Lipinski definition) is 3. The van der Waals surface area contributed by atoms with Crippen LogP contribution in [-0.4, -0.2) is 23.4 Å². The lowest BCUT2D eigenvalue weighted by Gasteiger charge is -2.23. The Labute approximate surface area is 106 Å². The van der Waals surface area contributed by atoms with E-state index in [4.69, 9.17) is 11.0 Å². The van der Waals surface area contributed by atoms with Crippen molar-refractivity contribution >= 4 is 5.91 Å². The predicted molar refractivity (Wildman–Crippen MR) is 65.9 cm³/mol. The molecule has 2 N–H and O–H groups in total. The van der Waals surface area contributed by atoms with Crippen LogP contribution in [0.5, 0.6) is 0 Å². The average molecular weight is 249 g/mol. The molecule has 4 nitrogen and oxygen atoms in total. The summed E-state index contributed by atoms with van der Waals surface area (Å²) in [5.41, 5.74) is 6.16. The summed E-state index contributed by atoms with van der Waals surface area (Å²) in [6, 6.07) is 5.47. The predicted octanol–water partition coefficient (Wildman–Crippen LogP) is 1.39. The number of hydrogen-bond donors (Lipinski definition) is 1. The molecular weight excluding hydrogens is 233 g/mol. The monoisotopic (exact) mass is 249 g/mol. The second kappa shape index (κ2) is 6.12. The molecule has 96 valence electrons. The van der Waals surface area contributed by atoms with Crippen LogP contribution < -0.4 is 5.73 Å². The summed E-state index contributed by atoms with van der Waals surface area (Å²) < 4.78 is 13.7. The zero-order valence-corrected chi connectivity index (χ0v) is 10.5. The second-order valence-corrected chi connectivity index (χ2v) is 4.06. The van der Waals surface area contributed by atoms with Crippen molar-refractivity contribution in [1.29, 1.82) is 5.26 Å². The first-order chi connectivity index (χ1) is 8.49. The van der Waals surface area contributed by atoms with E-state index in [9.17, 15) is 9.18 Å². The Morgan fingerprint density at radius 3 is 2.72 bits per heavy atom. The van der Waals surface area contributed by atoms with Crippen molar-refractivity contribution in [1.82, 2.24) is 4.90 Å². The number of benzene rings is 1. The molecule has 1 unspecified atom stereocenters. The summed E-state index contributed by atoms with van der Waals surface area (Å²) >= 11 is 0. The molecule has 1 amide bonds. The van der Waals surface area contributed by atoms with Gasteiger partial charge in [-0.2, -0.15) is 5.26 Å². The Balaban J connectivity index is 2.89. The lowest BCUT2D eigenvalue weighted by Crippen LogP contribution is -2.41. The quantitative estimate of drug-likeness (QED) is 0.876. The molecule has 1 rings (SSSR count). The van der Waals surface area contributed by atoms with Crippen molar-refractivity contribution in [2.45, 2.75) is 26.4 Å². The van der Waals surface area contributed by atoms with Crippen LogP contribution in [-0.2, 0) is 11.3 Å². The van der Waals surface area contributed by atoms with Crippen LogP contribution in [0.15, 0.2) is 18.2 Å². The van der Waals surface area contributed by atoms with Crippen LogP contribution in [0.2, 0.25) is 0 Å². The van der Waals surface area contributed by atoms with Crippen LogP contribution in [0.25, 0.3) is 0 Å². The maximum atomic E-state index is 13.7. The third-order valence-corrected chi connectivity index (χ3v) is 2.63. The molecule has 0 fully saturated rings. The van der Waals surface area contributed by atoms with E-state index in [0.717, 1.165) is 0 Å². The van der Waals surface area contributed by atoms with Gasteiger partial charge in [0.25, 0.3) is 0 Å². The van der Waals surface area contributed by atoms with Gasteiger partial charge in [0.15, 0.2) is 0 Å². The highest BCUT2D eigenvalue weighted by Crippen LogP contribution is 2.13. The van der Waals surface area contributed by atoms with E-state index in [1.54, 1.807) is 6.92 Å². The molecule has 0 saturated heterocycles. The van der Waals surface area contributed by atoms with Crippen molar-refractivity contribution in [3.8, 4) is 6.07 Å². The molecule has 5 heteroatoms. The molecule has 1 aromatic rings. The van der Waals surface area contributed by atoms with Crippen molar-refractivity contribution < 1.29 is 9.18 Å². The van der Waals surface area contributed by atoms with Gasteiger partial charge in [-0.25, -0.2) is 4.39 Å². The molecule has 0 bridgehead atoms. The molecule has 18 heavy (non-hydrogen) atoms. The van der Waals surface area contributed by atoms with Gasteiger partial charge in [0.05, 0.1) is 17.7 Å². The summed E-state index contributed by atoms with van der Waals surface area (Å²) in [4.78, 5) is 13.2. The van der Waals surface area contributed by atoms with Gasteiger partial charge in [0, 0.05) is 18.7 Å². The van der Waals surface area contributed by atoms with Crippen molar-refractivity contribution in [2.75, 3.05) is 6.54 Å². The Morgan fingerprint density at radius 1 is 1.61 bits per heavy atom. The zero-order chi connectivity index (χ0) is 13.7. The number of nitrogens with two attached hydrogens (primary N) is 1. The van der Waals surface area contributed by atoms with Gasteiger partial charge < -0.3 is 10.6 Å². The number of nitriles is 1. The number of amides is 1. The van der Waals surface area contributed by atoms with Crippen molar-refractivity contribution in [3.05, 3.63) is 35.1 Å². The zero-order valence-electron chi connectivity index (χ0n) is 10.5. The van der Waals surface area contributed by atoms with Crippen molar-refractivity contribution in [3.63, 3.8) is 0 Å². The molecule has 1 atom stereocenters. The number of rotatable bonds is 4. The van der Waals surface area contributed by atoms with Crippen LogP contribution in [0, 0.1) is 17.1 Å². The summed E-state index contributed by atoms with van der Waals surface area (Å²) in [6.07, 6.45) is 0. The van der Waals surface area contributed by atoms with E-state index in [2.05, 4.69) is 0 Å². The fraction of sp³-hybridized carbons (Fsp3) is 0.385. The molecule has 1 aromatic carbocycles. The average Bonchev–Trinajstić information content (AvgIpc) is 2.36. The van der Waals surface area contributed by atoms with E-state index in [1.807, 2.05) is 13.0 Å².